The fourth-order valence-corrected chi connectivity index (χ4v) is 2.71. The summed E-state index contributed by atoms with van der Waals surface area (Å²) in [5.74, 6) is 0.852. The zero-order valence-corrected chi connectivity index (χ0v) is 11.4. The third-order valence-corrected chi connectivity index (χ3v) is 3.60. The summed E-state index contributed by atoms with van der Waals surface area (Å²) < 4.78 is 10.3. The smallest absolute Gasteiger partial charge is 0.203 e. The maximum absolute atomic E-state index is 10.3. The maximum atomic E-state index is 10.3. The Morgan fingerprint density at radius 2 is 2.11 bits per heavy atom. The molecule has 0 aromatic heterocycles. The lowest BCUT2D eigenvalue weighted by Gasteiger charge is -2.26. The summed E-state index contributed by atoms with van der Waals surface area (Å²) in [5, 5.41) is 14.2. The average molecular weight is 272 g/mol. The molecule has 1 aromatic carbocycles. The van der Waals surface area contributed by atoms with E-state index in [1.165, 1.54) is 14.2 Å². The van der Waals surface area contributed by atoms with Crippen molar-refractivity contribution >= 4 is 11.6 Å². The Morgan fingerprint density at radius 3 is 2.67 bits per heavy atom. The van der Waals surface area contributed by atoms with Gasteiger partial charge in [0, 0.05) is 17.7 Å². The van der Waals surface area contributed by atoms with Gasteiger partial charge in [-0.15, -0.1) is 0 Å². The van der Waals surface area contributed by atoms with Gasteiger partial charge in [-0.3, -0.25) is 0 Å². The Bertz CT molecular complexity index is 431. The topological polar surface area (TPSA) is 50.7 Å². The molecule has 100 valence electrons. The Labute approximate surface area is 112 Å². The van der Waals surface area contributed by atoms with Crippen molar-refractivity contribution in [2.45, 2.75) is 25.3 Å². The van der Waals surface area contributed by atoms with Gasteiger partial charge in [0.15, 0.2) is 11.5 Å². The maximum Gasteiger partial charge on any atom is 0.203 e. The predicted molar refractivity (Wildman–Crippen MR) is 70.8 cm³/mol. The number of rotatable bonds is 3. The number of methoxy groups -OCH3 is 2. The number of ether oxygens (including phenoxy) is 2. The van der Waals surface area contributed by atoms with E-state index in [0.717, 1.165) is 25.8 Å². The molecule has 2 N–H and O–H groups in total. The minimum absolute atomic E-state index is 0.0706. The first-order valence-electron chi connectivity index (χ1n) is 6.05. The number of benzene rings is 1. The standard InChI is InChI=1S/C13H18ClNO3/c1-17-10-7-8(14)11(12(16)13(10)18-2)9-5-3-4-6-15-9/h7,9,15-16H,3-6H2,1-2H3. The number of hydrogen-bond acceptors (Lipinski definition) is 4. The zero-order valence-electron chi connectivity index (χ0n) is 10.6. The molecule has 1 aliphatic heterocycles. The Hall–Kier alpha value is -1.13. The van der Waals surface area contributed by atoms with E-state index in [1.54, 1.807) is 6.07 Å². The first-order valence-corrected chi connectivity index (χ1v) is 6.43. The van der Waals surface area contributed by atoms with E-state index in [2.05, 4.69) is 5.32 Å². The third kappa shape index (κ3) is 2.35. The van der Waals surface area contributed by atoms with Crippen LogP contribution in [0.3, 0.4) is 0 Å². The predicted octanol–water partition coefficient (Wildman–Crippen LogP) is 2.88. The first-order chi connectivity index (χ1) is 8.69. The van der Waals surface area contributed by atoms with Crippen molar-refractivity contribution in [1.29, 1.82) is 0 Å². The Morgan fingerprint density at radius 1 is 1.33 bits per heavy atom. The molecule has 1 fully saturated rings. The lowest BCUT2D eigenvalue weighted by Crippen LogP contribution is -2.27. The highest BCUT2D eigenvalue weighted by atomic mass is 35.5. The van der Waals surface area contributed by atoms with Crippen LogP contribution in [-0.2, 0) is 0 Å². The van der Waals surface area contributed by atoms with E-state index in [9.17, 15) is 5.11 Å². The van der Waals surface area contributed by atoms with Crippen molar-refractivity contribution < 1.29 is 14.6 Å². The number of aromatic hydroxyl groups is 1. The second-order valence-electron chi connectivity index (χ2n) is 4.36. The van der Waals surface area contributed by atoms with Crippen molar-refractivity contribution in [1.82, 2.24) is 5.32 Å². The molecule has 1 atom stereocenters. The number of phenolic OH excluding ortho intramolecular Hbond substituents is 1. The van der Waals surface area contributed by atoms with Crippen LogP contribution in [0.4, 0.5) is 0 Å². The van der Waals surface area contributed by atoms with Crippen LogP contribution in [0.25, 0.3) is 0 Å². The van der Waals surface area contributed by atoms with Gasteiger partial charge in [0.05, 0.1) is 19.2 Å². The quantitative estimate of drug-likeness (QED) is 0.888. The summed E-state index contributed by atoms with van der Waals surface area (Å²) in [6.07, 6.45) is 3.24. The molecule has 0 radical (unpaired) electrons. The van der Waals surface area contributed by atoms with Gasteiger partial charge in [-0.25, -0.2) is 0 Å². The van der Waals surface area contributed by atoms with Gasteiger partial charge >= 0.3 is 0 Å². The molecule has 0 saturated carbocycles. The molecular weight excluding hydrogens is 254 g/mol. The molecule has 1 aromatic rings. The molecule has 1 unspecified atom stereocenters. The largest absolute Gasteiger partial charge is 0.504 e. The Balaban J connectivity index is 2.46. The summed E-state index contributed by atoms with van der Waals surface area (Å²) in [5.41, 5.74) is 0.703. The summed E-state index contributed by atoms with van der Waals surface area (Å²) in [6.45, 7) is 0.939. The molecule has 4 nitrogen and oxygen atoms in total. The molecule has 18 heavy (non-hydrogen) atoms. The van der Waals surface area contributed by atoms with Crippen LogP contribution in [0.15, 0.2) is 6.07 Å². The monoisotopic (exact) mass is 271 g/mol. The van der Waals surface area contributed by atoms with Crippen LogP contribution in [-0.4, -0.2) is 25.9 Å². The molecule has 0 amide bonds. The number of hydrogen-bond donors (Lipinski definition) is 2. The number of nitrogens with one attached hydrogen (secondary N) is 1. The molecule has 0 aliphatic carbocycles. The molecule has 0 spiro atoms. The van der Waals surface area contributed by atoms with E-state index in [1.807, 2.05) is 0 Å². The molecule has 1 saturated heterocycles. The normalized spacial score (nSPS) is 19.6. The zero-order chi connectivity index (χ0) is 13.1. The number of piperidine rings is 1. The van der Waals surface area contributed by atoms with E-state index in [0.29, 0.717) is 22.1 Å². The second kappa shape index (κ2) is 5.67. The van der Waals surface area contributed by atoms with Crippen LogP contribution < -0.4 is 14.8 Å². The van der Waals surface area contributed by atoms with Crippen molar-refractivity contribution in [2.24, 2.45) is 0 Å². The molecule has 1 aliphatic rings. The molecule has 5 heteroatoms. The highest BCUT2D eigenvalue weighted by Crippen LogP contribution is 2.46. The minimum Gasteiger partial charge on any atom is -0.504 e. The van der Waals surface area contributed by atoms with E-state index in [4.69, 9.17) is 21.1 Å². The summed E-state index contributed by atoms with van der Waals surface area (Å²) in [7, 11) is 3.02. The van der Waals surface area contributed by atoms with Crippen LogP contribution >= 0.6 is 11.6 Å². The van der Waals surface area contributed by atoms with Crippen LogP contribution in [0.5, 0.6) is 17.2 Å². The van der Waals surface area contributed by atoms with Crippen molar-refractivity contribution in [3.63, 3.8) is 0 Å². The summed E-state index contributed by atoms with van der Waals surface area (Å²) in [4.78, 5) is 0. The number of halogens is 1. The number of phenols is 1. The van der Waals surface area contributed by atoms with Crippen molar-refractivity contribution in [2.75, 3.05) is 20.8 Å². The van der Waals surface area contributed by atoms with Gasteiger partial charge in [0.2, 0.25) is 5.75 Å². The fraction of sp³-hybridized carbons (Fsp3) is 0.538. The molecular formula is C13H18ClNO3. The average Bonchev–Trinajstić information content (AvgIpc) is 2.39. The lowest BCUT2D eigenvalue weighted by molar-refractivity contribution is 0.324. The summed E-state index contributed by atoms with van der Waals surface area (Å²) >= 11 is 6.24. The van der Waals surface area contributed by atoms with E-state index >= 15 is 0 Å². The fourth-order valence-electron chi connectivity index (χ4n) is 2.39. The Kier molecular flexibility index (Phi) is 4.19. The van der Waals surface area contributed by atoms with Crippen molar-refractivity contribution in [3.8, 4) is 17.2 Å². The van der Waals surface area contributed by atoms with Gasteiger partial charge in [-0.1, -0.05) is 18.0 Å². The summed E-state index contributed by atoms with van der Waals surface area (Å²) in [6, 6.07) is 1.76. The minimum atomic E-state index is 0.0706. The molecule has 0 bridgehead atoms. The third-order valence-electron chi connectivity index (χ3n) is 3.29. The van der Waals surface area contributed by atoms with Gasteiger partial charge in [0.1, 0.15) is 0 Å². The van der Waals surface area contributed by atoms with Crippen LogP contribution in [0, 0.1) is 0 Å². The van der Waals surface area contributed by atoms with Gasteiger partial charge < -0.3 is 19.9 Å². The SMILES string of the molecule is COc1cc(Cl)c(C2CCCCN2)c(O)c1OC. The first kappa shape index (κ1) is 13.3. The van der Waals surface area contributed by atoms with E-state index < -0.39 is 0 Å². The van der Waals surface area contributed by atoms with Crippen molar-refractivity contribution in [3.05, 3.63) is 16.7 Å². The van der Waals surface area contributed by atoms with Gasteiger partial charge in [0.25, 0.3) is 0 Å². The lowest BCUT2D eigenvalue weighted by atomic mass is 9.96. The molecule has 1 heterocycles. The highest BCUT2D eigenvalue weighted by molar-refractivity contribution is 6.32. The molecule has 2 rings (SSSR count). The van der Waals surface area contributed by atoms with Crippen LogP contribution in [0.1, 0.15) is 30.9 Å². The van der Waals surface area contributed by atoms with Gasteiger partial charge in [-0.05, 0) is 19.4 Å². The highest BCUT2D eigenvalue weighted by Gasteiger charge is 2.25. The van der Waals surface area contributed by atoms with Gasteiger partial charge in [-0.2, -0.15) is 0 Å². The van der Waals surface area contributed by atoms with Crippen LogP contribution in [0.2, 0.25) is 5.02 Å². The van der Waals surface area contributed by atoms with E-state index in [-0.39, 0.29) is 11.8 Å². The second-order valence-corrected chi connectivity index (χ2v) is 4.77.